The molecule has 20 heavy (non-hydrogen) atoms. The molecule has 0 saturated heterocycles. The van der Waals surface area contributed by atoms with E-state index >= 15 is 0 Å². The average Bonchev–Trinajstić information content (AvgIpc) is 2.43. The SMILES string of the molecule is CCCNC(C)c1ccccc1-c1cc(F)cc(F)c1. The third-order valence-corrected chi connectivity index (χ3v) is 3.30. The van der Waals surface area contributed by atoms with Gasteiger partial charge in [0.25, 0.3) is 0 Å². The van der Waals surface area contributed by atoms with Gasteiger partial charge in [-0.2, -0.15) is 0 Å². The summed E-state index contributed by atoms with van der Waals surface area (Å²) >= 11 is 0. The average molecular weight is 275 g/mol. The van der Waals surface area contributed by atoms with Gasteiger partial charge in [-0.15, -0.1) is 0 Å². The number of hydrogen-bond donors (Lipinski definition) is 1. The van der Waals surface area contributed by atoms with Gasteiger partial charge >= 0.3 is 0 Å². The lowest BCUT2D eigenvalue weighted by Gasteiger charge is -2.18. The minimum atomic E-state index is -0.552. The molecule has 0 fully saturated rings. The van der Waals surface area contributed by atoms with Crippen molar-refractivity contribution in [2.45, 2.75) is 26.3 Å². The highest BCUT2D eigenvalue weighted by Gasteiger charge is 2.12. The Morgan fingerprint density at radius 3 is 2.35 bits per heavy atom. The van der Waals surface area contributed by atoms with E-state index in [2.05, 4.69) is 19.2 Å². The molecule has 0 aliphatic carbocycles. The third kappa shape index (κ3) is 3.42. The standard InChI is InChI=1S/C17H19F2N/c1-3-8-20-12(2)16-6-4-5-7-17(16)13-9-14(18)11-15(19)10-13/h4-7,9-12,20H,3,8H2,1-2H3. The molecule has 1 atom stereocenters. The molecule has 0 aliphatic rings. The number of halogens is 2. The van der Waals surface area contributed by atoms with E-state index in [4.69, 9.17) is 0 Å². The summed E-state index contributed by atoms with van der Waals surface area (Å²) in [6.45, 7) is 5.07. The summed E-state index contributed by atoms with van der Waals surface area (Å²) < 4.78 is 26.8. The molecule has 0 heterocycles. The Balaban J connectivity index is 2.41. The quantitative estimate of drug-likeness (QED) is 0.834. The van der Waals surface area contributed by atoms with Crippen molar-refractivity contribution in [3.8, 4) is 11.1 Å². The molecule has 0 aliphatic heterocycles. The van der Waals surface area contributed by atoms with E-state index in [0.717, 1.165) is 30.2 Å². The molecule has 1 unspecified atom stereocenters. The molecule has 2 rings (SSSR count). The van der Waals surface area contributed by atoms with Crippen molar-refractivity contribution >= 4 is 0 Å². The zero-order valence-corrected chi connectivity index (χ0v) is 11.8. The molecule has 1 N–H and O–H groups in total. The lowest BCUT2D eigenvalue weighted by atomic mass is 9.95. The predicted molar refractivity (Wildman–Crippen MR) is 78.5 cm³/mol. The van der Waals surface area contributed by atoms with Gasteiger partial charge in [0.15, 0.2) is 0 Å². The van der Waals surface area contributed by atoms with Crippen LogP contribution in [0.15, 0.2) is 42.5 Å². The van der Waals surface area contributed by atoms with Crippen molar-refractivity contribution < 1.29 is 8.78 Å². The Morgan fingerprint density at radius 2 is 1.70 bits per heavy atom. The van der Waals surface area contributed by atoms with E-state index in [9.17, 15) is 8.78 Å². The summed E-state index contributed by atoms with van der Waals surface area (Å²) in [7, 11) is 0. The van der Waals surface area contributed by atoms with Gasteiger partial charge in [0.2, 0.25) is 0 Å². The monoisotopic (exact) mass is 275 g/mol. The molecule has 0 spiro atoms. The molecule has 0 radical (unpaired) electrons. The van der Waals surface area contributed by atoms with Crippen LogP contribution >= 0.6 is 0 Å². The summed E-state index contributed by atoms with van der Waals surface area (Å²) in [6, 6.07) is 11.5. The van der Waals surface area contributed by atoms with Gasteiger partial charge in [-0.05, 0) is 48.7 Å². The Labute approximate surface area is 118 Å². The number of benzene rings is 2. The maximum atomic E-state index is 13.4. The van der Waals surface area contributed by atoms with Crippen LogP contribution in [0.3, 0.4) is 0 Å². The predicted octanol–water partition coefficient (Wildman–Crippen LogP) is 4.69. The zero-order valence-electron chi connectivity index (χ0n) is 11.8. The lowest BCUT2D eigenvalue weighted by molar-refractivity contribution is 0.570. The number of rotatable bonds is 5. The summed E-state index contributed by atoms with van der Waals surface area (Å²) in [5.41, 5.74) is 2.48. The number of nitrogens with one attached hydrogen (secondary N) is 1. The van der Waals surface area contributed by atoms with Gasteiger partial charge in [0.1, 0.15) is 11.6 Å². The van der Waals surface area contributed by atoms with Gasteiger partial charge in [-0.25, -0.2) is 8.78 Å². The molecular formula is C17H19F2N. The summed E-state index contributed by atoms with van der Waals surface area (Å²) in [4.78, 5) is 0. The van der Waals surface area contributed by atoms with Crippen molar-refractivity contribution in [2.24, 2.45) is 0 Å². The van der Waals surface area contributed by atoms with Crippen LogP contribution in [0.4, 0.5) is 8.78 Å². The van der Waals surface area contributed by atoms with Crippen molar-refractivity contribution in [3.05, 3.63) is 59.7 Å². The molecule has 0 amide bonds. The van der Waals surface area contributed by atoms with Gasteiger partial charge in [-0.3, -0.25) is 0 Å². The van der Waals surface area contributed by atoms with Crippen LogP contribution in [0.1, 0.15) is 31.9 Å². The first-order valence-electron chi connectivity index (χ1n) is 6.90. The fourth-order valence-corrected chi connectivity index (χ4v) is 2.32. The Hall–Kier alpha value is -1.74. The van der Waals surface area contributed by atoms with E-state index < -0.39 is 11.6 Å². The fraction of sp³-hybridized carbons (Fsp3) is 0.294. The molecule has 0 bridgehead atoms. The molecule has 1 nitrogen and oxygen atoms in total. The van der Waals surface area contributed by atoms with E-state index in [0.29, 0.717) is 5.56 Å². The van der Waals surface area contributed by atoms with E-state index in [1.807, 2.05) is 24.3 Å². The van der Waals surface area contributed by atoms with Gasteiger partial charge in [-0.1, -0.05) is 31.2 Å². The van der Waals surface area contributed by atoms with Gasteiger partial charge < -0.3 is 5.32 Å². The van der Waals surface area contributed by atoms with Crippen molar-refractivity contribution in [1.29, 1.82) is 0 Å². The van der Waals surface area contributed by atoms with E-state index in [1.165, 1.54) is 12.1 Å². The zero-order chi connectivity index (χ0) is 14.5. The third-order valence-electron chi connectivity index (χ3n) is 3.30. The maximum Gasteiger partial charge on any atom is 0.126 e. The van der Waals surface area contributed by atoms with Crippen LogP contribution in [-0.4, -0.2) is 6.54 Å². The van der Waals surface area contributed by atoms with Gasteiger partial charge in [0.05, 0.1) is 0 Å². The second-order valence-corrected chi connectivity index (χ2v) is 4.92. The first kappa shape index (κ1) is 14.7. The molecule has 2 aromatic rings. The van der Waals surface area contributed by atoms with Crippen molar-refractivity contribution in [2.75, 3.05) is 6.54 Å². The second kappa shape index (κ2) is 6.62. The highest BCUT2D eigenvalue weighted by Crippen LogP contribution is 2.29. The first-order chi connectivity index (χ1) is 9.61. The minimum Gasteiger partial charge on any atom is -0.310 e. The van der Waals surface area contributed by atoms with Crippen LogP contribution in [0.25, 0.3) is 11.1 Å². The second-order valence-electron chi connectivity index (χ2n) is 4.92. The molecule has 106 valence electrons. The number of hydrogen-bond acceptors (Lipinski definition) is 1. The van der Waals surface area contributed by atoms with Crippen LogP contribution in [0.2, 0.25) is 0 Å². The van der Waals surface area contributed by atoms with Crippen molar-refractivity contribution in [3.63, 3.8) is 0 Å². The Morgan fingerprint density at radius 1 is 1.05 bits per heavy atom. The van der Waals surface area contributed by atoms with Crippen LogP contribution in [0.5, 0.6) is 0 Å². The lowest BCUT2D eigenvalue weighted by Crippen LogP contribution is -2.19. The minimum absolute atomic E-state index is 0.137. The van der Waals surface area contributed by atoms with Crippen molar-refractivity contribution in [1.82, 2.24) is 5.32 Å². The molecular weight excluding hydrogens is 256 g/mol. The van der Waals surface area contributed by atoms with Crippen LogP contribution in [0, 0.1) is 11.6 Å². The fourth-order valence-electron chi connectivity index (χ4n) is 2.32. The summed E-state index contributed by atoms with van der Waals surface area (Å²) in [5, 5.41) is 3.40. The smallest absolute Gasteiger partial charge is 0.126 e. The topological polar surface area (TPSA) is 12.0 Å². The Kier molecular flexibility index (Phi) is 4.85. The normalized spacial score (nSPS) is 12.4. The highest BCUT2D eigenvalue weighted by atomic mass is 19.1. The maximum absolute atomic E-state index is 13.4. The van der Waals surface area contributed by atoms with Gasteiger partial charge in [0, 0.05) is 12.1 Å². The molecule has 2 aromatic carbocycles. The Bertz CT molecular complexity index is 561. The van der Waals surface area contributed by atoms with Crippen LogP contribution in [-0.2, 0) is 0 Å². The highest BCUT2D eigenvalue weighted by molar-refractivity contribution is 5.68. The summed E-state index contributed by atoms with van der Waals surface area (Å²) in [6.07, 6.45) is 1.04. The molecule has 3 heteroatoms. The van der Waals surface area contributed by atoms with E-state index in [-0.39, 0.29) is 6.04 Å². The largest absolute Gasteiger partial charge is 0.310 e. The molecule has 0 aromatic heterocycles. The summed E-state index contributed by atoms with van der Waals surface area (Å²) in [5.74, 6) is -1.10. The first-order valence-corrected chi connectivity index (χ1v) is 6.90. The van der Waals surface area contributed by atoms with Crippen LogP contribution < -0.4 is 5.32 Å². The molecule has 0 saturated carbocycles. The van der Waals surface area contributed by atoms with E-state index in [1.54, 1.807) is 0 Å².